The fourth-order valence-electron chi connectivity index (χ4n) is 3.03. The summed E-state index contributed by atoms with van der Waals surface area (Å²) < 4.78 is 28.1. The van der Waals surface area contributed by atoms with Crippen molar-refractivity contribution >= 4 is 10.0 Å². The Balaban J connectivity index is 2.12. The van der Waals surface area contributed by atoms with Crippen LogP contribution < -0.4 is 10.0 Å². The average Bonchev–Trinajstić information content (AvgIpc) is 2.94. The highest BCUT2D eigenvalue weighted by molar-refractivity contribution is 7.89. The van der Waals surface area contributed by atoms with Crippen LogP contribution in [-0.4, -0.2) is 31.2 Å². The molecule has 21 heavy (non-hydrogen) atoms. The number of H-pyrrole nitrogens is 1. The molecule has 7 heteroatoms. The lowest BCUT2D eigenvalue weighted by molar-refractivity contribution is 0.282. The van der Waals surface area contributed by atoms with E-state index in [2.05, 4.69) is 27.2 Å². The second-order valence-electron chi connectivity index (χ2n) is 5.69. The largest absolute Gasteiger partial charge is 0.313 e. The summed E-state index contributed by atoms with van der Waals surface area (Å²) in [7, 11) is -3.53. The number of sulfonamides is 1. The van der Waals surface area contributed by atoms with Crippen molar-refractivity contribution < 1.29 is 8.42 Å². The molecule has 0 saturated heterocycles. The molecule has 0 radical (unpaired) electrons. The van der Waals surface area contributed by atoms with E-state index in [1.807, 2.05) is 6.92 Å². The van der Waals surface area contributed by atoms with Gasteiger partial charge in [0, 0.05) is 18.2 Å². The first-order chi connectivity index (χ1) is 10.1. The van der Waals surface area contributed by atoms with Crippen molar-refractivity contribution in [2.24, 2.45) is 5.92 Å². The highest BCUT2D eigenvalue weighted by atomic mass is 32.2. The van der Waals surface area contributed by atoms with Gasteiger partial charge in [-0.3, -0.25) is 5.10 Å². The van der Waals surface area contributed by atoms with Crippen LogP contribution in [0.4, 0.5) is 0 Å². The Morgan fingerprint density at radius 2 is 2.10 bits per heavy atom. The van der Waals surface area contributed by atoms with E-state index in [1.54, 1.807) is 6.20 Å². The Kier molecular flexibility index (Phi) is 5.78. The predicted octanol–water partition coefficient (Wildman–Crippen LogP) is 1.77. The van der Waals surface area contributed by atoms with E-state index in [4.69, 9.17) is 0 Å². The van der Waals surface area contributed by atoms with E-state index >= 15 is 0 Å². The molecule has 1 fully saturated rings. The van der Waals surface area contributed by atoms with Crippen LogP contribution in [0.3, 0.4) is 0 Å². The normalized spacial score (nSPS) is 23.3. The molecule has 120 valence electrons. The standard InChI is InChI=1S/C14H26N4O2S/c1-3-11-7-5-6-8-13(11)18-21(19,20)14-12(9-15-4-2)10-16-17-14/h10-11,13,15,18H,3-9H2,1-2H3,(H,16,17). The number of nitrogens with one attached hydrogen (secondary N) is 3. The molecule has 0 aromatic carbocycles. The van der Waals surface area contributed by atoms with Crippen LogP contribution in [0.2, 0.25) is 0 Å². The van der Waals surface area contributed by atoms with Gasteiger partial charge in [-0.25, -0.2) is 13.1 Å². The van der Waals surface area contributed by atoms with Gasteiger partial charge in [0.2, 0.25) is 0 Å². The van der Waals surface area contributed by atoms with Crippen LogP contribution in [0.1, 0.15) is 51.5 Å². The maximum Gasteiger partial charge on any atom is 0.258 e. The van der Waals surface area contributed by atoms with Gasteiger partial charge in [-0.2, -0.15) is 5.10 Å². The lowest BCUT2D eigenvalue weighted by atomic mass is 9.83. The minimum atomic E-state index is -3.53. The molecule has 1 aromatic heterocycles. The highest BCUT2D eigenvalue weighted by Gasteiger charge is 2.30. The van der Waals surface area contributed by atoms with Crippen LogP contribution in [0.25, 0.3) is 0 Å². The minimum absolute atomic E-state index is 0.0454. The third-order valence-electron chi connectivity index (χ3n) is 4.25. The summed E-state index contributed by atoms with van der Waals surface area (Å²) in [5.41, 5.74) is 0.688. The summed E-state index contributed by atoms with van der Waals surface area (Å²) >= 11 is 0. The van der Waals surface area contributed by atoms with Crippen LogP contribution in [0.5, 0.6) is 0 Å². The molecule has 1 aliphatic carbocycles. The van der Waals surface area contributed by atoms with Crippen molar-refractivity contribution in [3.05, 3.63) is 11.8 Å². The van der Waals surface area contributed by atoms with Gasteiger partial charge in [0.25, 0.3) is 10.0 Å². The number of hydrogen-bond acceptors (Lipinski definition) is 4. The van der Waals surface area contributed by atoms with Crippen molar-refractivity contribution in [1.82, 2.24) is 20.2 Å². The maximum atomic E-state index is 12.6. The third-order valence-corrected chi connectivity index (χ3v) is 5.76. The fourth-order valence-corrected chi connectivity index (χ4v) is 4.50. The summed E-state index contributed by atoms with van der Waals surface area (Å²) in [5, 5.41) is 9.86. The third kappa shape index (κ3) is 4.05. The molecule has 1 heterocycles. The minimum Gasteiger partial charge on any atom is -0.313 e. The van der Waals surface area contributed by atoms with Crippen molar-refractivity contribution in [1.29, 1.82) is 0 Å². The summed E-state index contributed by atoms with van der Waals surface area (Å²) in [6.07, 6.45) is 6.92. The maximum absolute atomic E-state index is 12.6. The zero-order chi connectivity index (χ0) is 15.3. The molecular weight excluding hydrogens is 288 g/mol. The van der Waals surface area contributed by atoms with E-state index in [1.165, 1.54) is 6.42 Å². The summed E-state index contributed by atoms with van der Waals surface area (Å²) in [6.45, 7) is 5.41. The van der Waals surface area contributed by atoms with E-state index in [9.17, 15) is 8.42 Å². The molecular formula is C14H26N4O2S. The zero-order valence-electron chi connectivity index (χ0n) is 12.9. The summed E-state index contributed by atoms with van der Waals surface area (Å²) in [6, 6.07) is 0.0454. The number of hydrogen-bond donors (Lipinski definition) is 3. The van der Waals surface area contributed by atoms with E-state index in [0.717, 1.165) is 32.2 Å². The predicted molar refractivity (Wildman–Crippen MR) is 82.3 cm³/mol. The summed E-state index contributed by atoms with van der Waals surface area (Å²) in [4.78, 5) is 0. The lowest BCUT2D eigenvalue weighted by Crippen LogP contribution is -2.42. The molecule has 2 unspecified atom stereocenters. The SMILES string of the molecule is CCNCc1cn[nH]c1S(=O)(=O)NC1CCCCC1CC. The summed E-state index contributed by atoms with van der Waals surface area (Å²) in [5.74, 6) is 0.439. The molecule has 2 atom stereocenters. The van der Waals surface area contributed by atoms with Crippen molar-refractivity contribution in [2.45, 2.75) is 63.6 Å². The number of aromatic nitrogens is 2. The second-order valence-corrected chi connectivity index (χ2v) is 7.34. The van der Waals surface area contributed by atoms with Gasteiger partial charge in [-0.15, -0.1) is 0 Å². The van der Waals surface area contributed by atoms with Crippen molar-refractivity contribution in [3.63, 3.8) is 0 Å². The van der Waals surface area contributed by atoms with Crippen LogP contribution in [-0.2, 0) is 16.6 Å². The van der Waals surface area contributed by atoms with Gasteiger partial charge >= 0.3 is 0 Å². The topological polar surface area (TPSA) is 86.9 Å². The Labute approximate surface area is 127 Å². The molecule has 6 nitrogen and oxygen atoms in total. The molecule has 2 rings (SSSR count). The Morgan fingerprint density at radius 3 is 2.81 bits per heavy atom. The Bertz CT molecular complexity index is 541. The molecule has 0 amide bonds. The molecule has 1 saturated carbocycles. The quantitative estimate of drug-likeness (QED) is 0.716. The first-order valence-electron chi connectivity index (χ1n) is 7.83. The number of nitrogens with zero attached hydrogens (tertiary/aromatic N) is 1. The second kappa shape index (κ2) is 7.38. The zero-order valence-corrected chi connectivity index (χ0v) is 13.7. The molecule has 3 N–H and O–H groups in total. The monoisotopic (exact) mass is 314 g/mol. The number of aromatic amines is 1. The van der Waals surface area contributed by atoms with Gasteiger partial charge in [-0.1, -0.05) is 33.1 Å². The Morgan fingerprint density at radius 1 is 1.33 bits per heavy atom. The first kappa shape index (κ1) is 16.5. The van der Waals surface area contributed by atoms with E-state index in [-0.39, 0.29) is 11.1 Å². The van der Waals surface area contributed by atoms with Gasteiger partial charge in [0.05, 0.1) is 6.20 Å². The highest BCUT2D eigenvalue weighted by Crippen LogP contribution is 2.28. The number of rotatable bonds is 7. The smallest absolute Gasteiger partial charge is 0.258 e. The molecule has 0 bridgehead atoms. The van der Waals surface area contributed by atoms with Crippen molar-refractivity contribution in [2.75, 3.05) is 6.54 Å². The fraction of sp³-hybridized carbons (Fsp3) is 0.786. The average molecular weight is 314 g/mol. The van der Waals surface area contributed by atoms with Gasteiger partial charge in [-0.05, 0) is 25.3 Å². The molecule has 1 aromatic rings. The van der Waals surface area contributed by atoms with Crippen LogP contribution in [0, 0.1) is 5.92 Å². The van der Waals surface area contributed by atoms with E-state index in [0.29, 0.717) is 18.0 Å². The Hall–Kier alpha value is -0.920. The molecule has 1 aliphatic rings. The van der Waals surface area contributed by atoms with Gasteiger partial charge in [0.1, 0.15) is 0 Å². The first-order valence-corrected chi connectivity index (χ1v) is 9.32. The van der Waals surface area contributed by atoms with Crippen LogP contribution in [0.15, 0.2) is 11.2 Å². The van der Waals surface area contributed by atoms with Crippen molar-refractivity contribution in [3.8, 4) is 0 Å². The van der Waals surface area contributed by atoms with Gasteiger partial charge in [0.15, 0.2) is 5.03 Å². The van der Waals surface area contributed by atoms with Gasteiger partial charge < -0.3 is 5.32 Å². The van der Waals surface area contributed by atoms with E-state index < -0.39 is 10.0 Å². The lowest BCUT2D eigenvalue weighted by Gasteiger charge is -2.31. The molecule has 0 spiro atoms. The van der Waals surface area contributed by atoms with Crippen LogP contribution >= 0.6 is 0 Å². The molecule has 0 aliphatic heterocycles.